The molecule has 0 saturated carbocycles. The van der Waals surface area contributed by atoms with E-state index >= 15 is 0 Å². The minimum atomic E-state index is -3.21. The molecule has 33 heavy (non-hydrogen) atoms. The topological polar surface area (TPSA) is 34.1 Å². The van der Waals surface area contributed by atoms with E-state index < -0.39 is 7.26 Å². The predicted octanol–water partition coefficient (Wildman–Crippen LogP) is 6.57. The van der Waals surface area contributed by atoms with Crippen molar-refractivity contribution in [1.82, 2.24) is 0 Å². The fourth-order valence-electron chi connectivity index (χ4n) is 4.65. The van der Waals surface area contributed by atoms with E-state index in [1.165, 1.54) is 0 Å². The standard InChI is InChI=1S/C30H28O2P/c1-21-13-11-14-22(2)27(21)29(31)33(25-17-7-5-8-18-25,26-19-9-6-10-20-26)30(32)28-23(3)15-12-16-24(28)4/h5-20H,1-4H3/q+1. The molecular weight excluding hydrogens is 423 g/mol. The van der Waals surface area contributed by atoms with Crippen LogP contribution in [0.15, 0.2) is 97.1 Å². The number of hydrogen-bond donors (Lipinski definition) is 0. The summed E-state index contributed by atoms with van der Waals surface area (Å²) in [5, 5.41) is 1.58. The van der Waals surface area contributed by atoms with Gasteiger partial charge < -0.3 is 0 Å². The zero-order valence-electron chi connectivity index (χ0n) is 19.5. The molecule has 0 radical (unpaired) electrons. The lowest BCUT2D eigenvalue weighted by Gasteiger charge is -2.26. The summed E-state index contributed by atoms with van der Waals surface area (Å²) in [5.74, 6) is 0. The zero-order chi connectivity index (χ0) is 23.6. The van der Waals surface area contributed by atoms with E-state index in [0.717, 1.165) is 32.9 Å². The summed E-state index contributed by atoms with van der Waals surface area (Å²) in [4.78, 5) is 29.6. The molecule has 0 N–H and O–H groups in total. The number of carbonyl (C=O) groups excluding carboxylic acids is 2. The van der Waals surface area contributed by atoms with E-state index in [4.69, 9.17) is 0 Å². The van der Waals surface area contributed by atoms with E-state index in [9.17, 15) is 9.59 Å². The molecule has 0 unspecified atom stereocenters. The molecule has 164 valence electrons. The van der Waals surface area contributed by atoms with E-state index in [2.05, 4.69) is 0 Å². The quantitative estimate of drug-likeness (QED) is 0.311. The van der Waals surface area contributed by atoms with Crippen molar-refractivity contribution in [3.8, 4) is 0 Å². The van der Waals surface area contributed by atoms with E-state index in [1.54, 1.807) is 0 Å². The van der Waals surface area contributed by atoms with Gasteiger partial charge in [0.25, 0.3) is 0 Å². The van der Waals surface area contributed by atoms with E-state index in [1.807, 2.05) is 125 Å². The van der Waals surface area contributed by atoms with E-state index in [-0.39, 0.29) is 11.0 Å². The molecule has 0 heterocycles. The SMILES string of the molecule is Cc1cccc(C)c1C(=O)[P+](C(=O)c1c(C)cccc1C)(c1ccccc1)c1ccccc1. The predicted molar refractivity (Wildman–Crippen MR) is 140 cm³/mol. The van der Waals surface area contributed by atoms with Crippen LogP contribution < -0.4 is 10.6 Å². The molecule has 0 aliphatic rings. The summed E-state index contributed by atoms with van der Waals surface area (Å²) in [6, 6.07) is 31.0. The van der Waals surface area contributed by atoms with Gasteiger partial charge in [-0.25, -0.2) is 9.59 Å². The van der Waals surface area contributed by atoms with Crippen molar-refractivity contribution in [2.75, 3.05) is 0 Å². The largest absolute Gasteiger partial charge is 0.317 e. The van der Waals surface area contributed by atoms with Crippen LogP contribution in [0.25, 0.3) is 0 Å². The van der Waals surface area contributed by atoms with Gasteiger partial charge >= 0.3 is 11.0 Å². The van der Waals surface area contributed by atoms with Gasteiger partial charge in [0, 0.05) is 0 Å². The number of rotatable bonds is 6. The molecule has 4 aromatic rings. The second-order valence-corrected chi connectivity index (χ2v) is 11.7. The Morgan fingerprint density at radius 1 is 0.455 bits per heavy atom. The van der Waals surface area contributed by atoms with Crippen molar-refractivity contribution in [2.24, 2.45) is 0 Å². The van der Waals surface area contributed by atoms with Crippen LogP contribution in [-0.2, 0) is 0 Å². The molecule has 3 heteroatoms. The third kappa shape index (κ3) is 3.86. The fourth-order valence-corrected chi connectivity index (χ4v) is 8.69. The van der Waals surface area contributed by atoms with Gasteiger partial charge in [-0.3, -0.25) is 0 Å². The number of aryl methyl sites for hydroxylation is 4. The van der Waals surface area contributed by atoms with Gasteiger partial charge in [-0.05, 0) is 74.2 Å². The third-order valence-electron chi connectivity index (χ3n) is 6.29. The maximum Gasteiger partial charge on any atom is 0.317 e. The smallest absolute Gasteiger partial charge is 0.246 e. The number of benzene rings is 4. The fraction of sp³-hybridized carbons (Fsp3) is 0.133. The summed E-state index contributed by atoms with van der Waals surface area (Å²) in [6.45, 7) is 7.81. The highest BCUT2D eigenvalue weighted by Crippen LogP contribution is 2.62. The first-order valence-corrected chi connectivity index (χ1v) is 12.9. The maximum absolute atomic E-state index is 14.8. The van der Waals surface area contributed by atoms with Crippen LogP contribution >= 0.6 is 7.26 Å². The summed E-state index contributed by atoms with van der Waals surface area (Å²) in [5.41, 5.74) is 4.72. The Morgan fingerprint density at radius 3 is 1.06 bits per heavy atom. The van der Waals surface area contributed by atoms with Gasteiger partial charge in [0.2, 0.25) is 7.26 Å². The molecule has 2 nitrogen and oxygen atoms in total. The normalized spacial score (nSPS) is 11.3. The van der Waals surface area contributed by atoms with Crippen LogP contribution in [0.2, 0.25) is 0 Å². The Morgan fingerprint density at radius 2 is 0.758 bits per heavy atom. The Labute approximate surface area is 196 Å². The van der Waals surface area contributed by atoms with Crippen LogP contribution in [-0.4, -0.2) is 11.0 Å². The van der Waals surface area contributed by atoms with Crippen molar-refractivity contribution in [3.05, 3.63) is 130 Å². The summed E-state index contributed by atoms with van der Waals surface area (Å²) in [7, 11) is -3.21. The van der Waals surface area contributed by atoms with Crippen LogP contribution in [0.1, 0.15) is 43.0 Å². The Balaban J connectivity index is 2.15. The second-order valence-electron chi connectivity index (χ2n) is 8.49. The zero-order valence-corrected chi connectivity index (χ0v) is 20.4. The lowest BCUT2D eigenvalue weighted by atomic mass is 10.0. The molecule has 0 atom stereocenters. The molecule has 0 amide bonds. The molecule has 4 rings (SSSR count). The highest BCUT2D eigenvalue weighted by Gasteiger charge is 2.60. The van der Waals surface area contributed by atoms with Crippen LogP contribution in [0, 0.1) is 27.7 Å². The van der Waals surface area contributed by atoms with Crippen LogP contribution in [0.3, 0.4) is 0 Å². The average Bonchev–Trinajstić information content (AvgIpc) is 2.81. The summed E-state index contributed by atoms with van der Waals surface area (Å²) < 4.78 is 0. The molecule has 0 saturated heterocycles. The van der Waals surface area contributed by atoms with Gasteiger partial charge in [0.15, 0.2) is 0 Å². The monoisotopic (exact) mass is 451 g/mol. The highest BCUT2D eigenvalue weighted by atomic mass is 31.2. The van der Waals surface area contributed by atoms with Gasteiger partial charge in [0.1, 0.15) is 10.6 Å². The van der Waals surface area contributed by atoms with E-state index in [0.29, 0.717) is 11.1 Å². The first-order valence-electron chi connectivity index (χ1n) is 11.1. The van der Waals surface area contributed by atoms with Crippen molar-refractivity contribution < 1.29 is 9.59 Å². The molecular formula is C30H28O2P+. The van der Waals surface area contributed by atoms with Gasteiger partial charge in [-0.2, -0.15) is 0 Å². The molecule has 0 bridgehead atoms. The first-order chi connectivity index (χ1) is 15.9. The third-order valence-corrected chi connectivity index (χ3v) is 10.1. The summed E-state index contributed by atoms with van der Waals surface area (Å²) in [6.07, 6.45) is 0. The maximum atomic E-state index is 14.8. The van der Waals surface area contributed by atoms with Gasteiger partial charge in [-0.1, -0.05) is 72.8 Å². The lowest BCUT2D eigenvalue weighted by molar-refractivity contribution is 0.105. The highest BCUT2D eigenvalue weighted by molar-refractivity contribution is 8.15. The molecule has 0 aliphatic heterocycles. The van der Waals surface area contributed by atoms with Crippen molar-refractivity contribution in [1.29, 1.82) is 0 Å². The van der Waals surface area contributed by atoms with Crippen LogP contribution in [0.4, 0.5) is 0 Å². The summed E-state index contributed by atoms with van der Waals surface area (Å²) >= 11 is 0. The van der Waals surface area contributed by atoms with Gasteiger partial charge in [-0.15, -0.1) is 0 Å². The lowest BCUT2D eigenvalue weighted by Crippen LogP contribution is -2.35. The van der Waals surface area contributed by atoms with Crippen LogP contribution in [0.5, 0.6) is 0 Å². The average molecular weight is 452 g/mol. The second kappa shape index (κ2) is 9.25. The van der Waals surface area contributed by atoms with Crippen molar-refractivity contribution >= 4 is 28.9 Å². The minimum Gasteiger partial charge on any atom is -0.246 e. The molecule has 0 spiro atoms. The van der Waals surface area contributed by atoms with Crippen molar-refractivity contribution in [3.63, 3.8) is 0 Å². The minimum absolute atomic E-state index is 0.0804. The molecule has 0 aliphatic carbocycles. The Bertz CT molecular complexity index is 1180. The number of hydrogen-bond acceptors (Lipinski definition) is 2. The molecule has 0 aromatic heterocycles. The Hall–Kier alpha value is -3.35. The molecule has 0 fully saturated rings. The van der Waals surface area contributed by atoms with Crippen molar-refractivity contribution in [2.45, 2.75) is 27.7 Å². The Kier molecular flexibility index (Phi) is 6.40. The van der Waals surface area contributed by atoms with Gasteiger partial charge in [0.05, 0.1) is 11.1 Å². The number of carbonyl (C=O) groups is 2. The first kappa shape index (κ1) is 22.8. The molecule has 4 aromatic carbocycles.